The standard InChI is InChI=1S/C23H27N5O2/c1-25(2)19-13-11-17(12-14-19)22(29)27-15-7-8-18(16-27)21-24-26(3)23(30)28(21)20-9-5-4-6-10-20/h4-6,9-14,18H,7-8,15-16H2,1-3H3. The zero-order valence-electron chi connectivity index (χ0n) is 17.7. The third-order valence-electron chi connectivity index (χ3n) is 5.67. The Balaban J connectivity index is 1.60. The summed E-state index contributed by atoms with van der Waals surface area (Å²) in [7, 11) is 5.62. The van der Waals surface area contributed by atoms with Gasteiger partial charge in [0.2, 0.25) is 0 Å². The minimum absolute atomic E-state index is 0.0119. The van der Waals surface area contributed by atoms with E-state index in [9.17, 15) is 9.59 Å². The van der Waals surface area contributed by atoms with Crippen LogP contribution in [0.25, 0.3) is 5.69 Å². The van der Waals surface area contributed by atoms with Crippen molar-refractivity contribution in [1.82, 2.24) is 19.2 Å². The van der Waals surface area contributed by atoms with Gasteiger partial charge in [0.25, 0.3) is 5.91 Å². The number of para-hydroxylation sites is 1. The minimum Gasteiger partial charge on any atom is -0.378 e. The van der Waals surface area contributed by atoms with Crippen LogP contribution < -0.4 is 10.6 Å². The molecule has 7 heteroatoms. The maximum Gasteiger partial charge on any atom is 0.350 e. The number of aromatic nitrogens is 3. The molecule has 2 heterocycles. The fourth-order valence-corrected chi connectivity index (χ4v) is 4.02. The molecule has 156 valence electrons. The van der Waals surface area contributed by atoms with Crippen LogP contribution in [0.4, 0.5) is 5.69 Å². The zero-order valence-corrected chi connectivity index (χ0v) is 17.7. The molecule has 0 saturated carbocycles. The fraction of sp³-hybridized carbons (Fsp3) is 0.348. The Morgan fingerprint density at radius 2 is 1.77 bits per heavy atom. The molecule has 1 fully saturated rings. The number of nitrogens with zero attached hydrogens (tertiary/aromatic N) is 5. The molecule has 0 radical (unpaired) electrons. The first-order chi connectivity index (χ1) is 14.5. The van der Waals surface area contributed by atoms with Crippen LogP contribution in [-0.4, -0.2) is 52.3 Å². The highest BCUT2D eigenvalue weighted by atomic mass is 16.2. The maximum atomic E-state index is 13.1. The number of carbonyl (C=O) groups is 1. The Hall–Kier alpha value is -3.35. The summed E-state index contributed by atoms with van der Waals surface area (Å²) in [6, 6.07) is 17.2. The monoisotopic (exact) mass is 405 g/mol. The van der Waals surface area contributed by atoms with Gasteiger partial charge in [0.15, 0.2) is 0 Å². The van der Waals surface area contributed by atoms with Gasteiger partial charge in [0.05, 0.1) is 5.69 Å². The van der Waals surface area contributed by atoms with E-state index >= 15 is 0 Å². The molecule has 0 spiro atoms. The molecule has 1 saturated heterocycles. The number of aryl methyl sites for hydroxylation is 1. The van der Waals surface area contributed by atoms with Crippen LogP contribution in [-0.2, 0) is 7.05 Å². The van der Waals surface area contributed by atoms with E-state index in [1.807, 2.05) is 78.5 Å². The van der Waals surface area contributed by atoms with Crippen LogP contribution >= 0.6 is 0 Å². The lowest BCUT2D eigenvalue weighted by Gasteiger charge is -2.32. The van der Waals surface area contributed by atoms with Crippen molar-refractivity contribution in [3.8, 4) is 5.69 Å². The molecule has 1 unspecified atom stereocenters. The fourth-order valence-electron chi connectivity index (χ4n) is 4.02. The first-order valence-corrected chi connectivity index (χ1v) is 10.2. The number of benzene rings is 2. The minimum atomic E-state index is -0.168. The third-order valence-corrected chi connectivity index (χ3v) is 5.67. The summed E-state index contributed by atoms with van der Waals surface area (Å²) in [5, 5.41) is 4.53. The Morgan fingerprint density at radius 1 is 1.07 bits per heavy atom. The van der Waals surface area contributed by atoms with Crippen molar-refractivity contribution in [2.24, 2.45) is 7.05 Å². The average Bonchev–Trinajstić information content (AvgIpc) is 3.08. The second-order valence-corrected chi connectivity index (χ2v) is 7.97. The van der Waals surface area contributed by atoms with Crippen LogP contribution in [0.5, 0.6) is 0 Å². The van der Waals surface area contributed by atoms with Crippen LogP contribution in [0.2, 0.25) is 0 Å². The molecule has 1 aliphatic heterocycles. The van der Waals surface area contributed by atoms with Gasteiger partial charge in [-0.25, -0.2) is 14.0 Å². The molecule has 0 N–H and O–H groups in total. The van der Waals surface area contributed by atoms with E-state index in [4.69, 9.17) is 0 Å². The smallest absolute Gasteiger partial charge is 0.350 e. The zero-order chi connectivity index (χ0) is 21.3. The van der Waals surface area contributed by atoms with Crippen molar-refractivity contribution in [2.75, 3.05) is 32.1 Å². The summed E-state index contributed by atoms with van der Waals surface area (Å²) in [5.41, 5.74) is 2.37. The van der Waals surface area contributed by atoms with E-state index in [1.165, 1.54) is 4.68 Å². The van der Waals surface area contributed by atoms with Gasteiger partial charge in [-0.1, -0.05) is 18.2 Å². The Morgan fingerprint density at radius 3 is 2.43 bits per heavy atom. The van der Waals surface area contributed by atoms with Gasteiger partial charge in [-0.3, -0.25) is 4.79 Å². The molecule has 1 atom stereocenters. The molecule has 0 aliphatic carbocycles. The van der Waals surface area contributed by atoms with Crippen LogP contribution in [0, 0.1) is 0 Å². The van der Waals surface area contributed by atoms with Gasteiger partial charge >= 0.3 is 5.69 Å². The van der Waals surface area contributed by atoms with Crippen molar-refractivity contribution in [3.05, 3.63) is 76.5 Å². The molecule has 1 amide bonds. The highest BCUT2D eigenvalue weighted by molar-refractivity contribution is 5.94. The number of amides is 1. The summed E-state index contributed by atoms with van der Waals surface area (Å²) >= 11 is 0. The molecule has 1 aliphatic rings. The highest BCUT2D eigenvalue weighted by Gasteiger charge is 2.30. The van der Waals surface area contributed by atoms with Crippen LogP contribution in [0.15, 0.2) is 59.4 Å². The van der Waals surface area contributed by atoms with E-state index in [2.05, 4.69) is 5.10 Å². The summed E-state index contributed by atoms with van der Waals surface area (Å²) in [6.07, 6.45) is 1.78. The first-order valence-electron chi connectivity index (χ1n) is 10.2. The lowest BCUT2D eigenvalue weighted by Crippen LogP contribution is -2.40. The molecule has 1 aromatic heterocycles. The third kappa shape index (κ3) is 3.75. The predicted octanol–water partition coefficient (Wildman–Crippen LogP) is 2.66. The van der Waals surface area contributed by atoms with Crippen LogP contribution in [0.3, 0.4) is 0 Å². The predicted molar refractivity (Wildman–Crippen MR) is 117 cm³/mol. The van der Waals surface area contributed by atoms with Gasteiger partial charge in [-0.05, 0) is 49.2 Å². The Bertz CT molecular complexity index is 1080. The van der Waals surface area contributed by atoms with Gasteiger partial charge in [0, 0.05) is 51.4 Å². The molecule has 3 aromatic rings. The van der Waals surface area contributed by atoms with Crippen molar-refractivity contribution in [2.45, 2.75) is 18.8 Å². The van der Waals surface area contributed by atoms with Crippen molar-refractivity contribution in [3.63, 3.8) is 0 Å². The SMILES string of the molecule is CN(C)c1ccc(C(=O)N2CCCC(c3nn(C)c(=O)n3-c3ccccc3)C2)cc1. The normalized spacial score (nSPS) is 16.5. The average molecular weight is 406 g/mol. The first kappa shape index (κ1) is 19.9. The largest absolute Gasteiger partial charge is 0.378 e. The van der Waals surface area contributed by atoms with E-state index in [-0.39, 0.29) is 17.5 Å². The molecule has 30 heavy (non-hydrogen) atoms. The van der Waals surface area contributed by atoms with Gasteiger partial charge in [-0.15, -0.1) is 0 Å². The highest BCUT2D eigenvalue weighted by Crippen LogP contribution is 2.27. The number of hydrogen-bond acceptors (Lipinski definition) is 4. The summed E-state index contributed by atoms with van der Waals surface area (Å²) in [5.74, 6) is 0.751. The van der Waals surface area contributed by atoms with Crippen molar-refractivity contribution >= 4 is 11.6 Å². The van der Waals surface area contributed by atoms with Crippen molar-refractivity contribution in [1.29, 1.82) is 0 Å². The van der Waals surface area contributed by atoms with Crippen molar-refractivity contribution < 1.29 is 4.79 Å². The lowest BCUT2D eigenvalue weighted by molar-refractivity contribution is 0.0704. The number of piperidine rings is 1. The molecule has 0 bridgehead atoms. The van der Waals surface area contributed by atoms with E-state index in [0.717, 1.165) is 24.2 Å². The summed E-state index contributed by atoms with van der Waals surface area (Å²) in [6.45, 7) is 1.27. The molecule has 7 nitrogen and oxygen atoms in total. The van der Waals surface area contributed by atoms with Gasteiger partial charge < -0.3 is 9.80 Å². The number of carbonyl (C=O) groups excluding carboxylic acids is 1. The number of anilines is 1. The summed E-state index contributed by atoms with van der Waals surface area (Å²) < 4.78 is 3.05. The number of hydrogen-bond donors (Lipinski definition) is 0. The maximum absolute atomic E-state index is 13.1. The second-order valence-electron chi connectivity index (χ2n) is 7.97. The second kappa shape index (κ2) is 8.18. The molecular formula is C23H27N5O2. The molecule has 2 aromatic carbocycles. The van der Waals surface area contributed by atoms with Gasteiger partial charge in [0.1, 0.15) is 5.82 Å². The molecule has 4 rings (SSSR count). The number of likely N-dealkylation sites (tertiary alicyclic amines) is 1. The topological polar surface area (TPSA) is 63.4 Å². The van der Waals surface area contributed by atoms with E-state index < -0.39 is 0 Å². The quantitative estimate of drug-likeness (QED) is 0.670. The Labute approximate surface area is 176 Å². The lowest BCUT2D eigenvalue weighted by atomic mass is 9.96. The van der Waals surface area contributed by atoms with Crippen LogP contribution in [0.1, 0.15) is 34.9 Å². The van der Waals surface area contributed by atoms with E-state index in [1.54, 1.807) is 11.6 Å². The number of rotatable bonds is 4. The van der Waals surface area contributed by atoms with Gasteiger partial charge in [-0.2, -0.15) is 5.10 Å². The summed E-state index contributed by atoms with van der Waals surface area (Å²) in [4.78, 5) is 29.7. The van der Waals surface area contributed by atoms with E-state index in [0.29, 0.717) is 24.5 Å². The Kier molecular flexibility index (Phi) is 5.44. The molecular weight excluding hydrogens is 378 g/mol.